The van der Waals surface area contributed by atoms with Crippen LogP contribution in [0, 0.1) is 0 Å². The number of aryl methyl sites for hydroxylation is 1. The van der Waals surface area contributed by atoms with E-state index in [4.69, 9.17) is 11.6 Å². The molecular weight excluding hydrogens is 393 g/mol. The quantitative estimate of drug-likeness (QED) is 0.707. The van der Waals surface area contributed by atoms with Gasteiger partial charge in [-0.05, 0) is 11.6 Å². The SMILES string of the molecule is Cn1cc(CC(CBr)(CBr)c2ccccc2Cl)nn1. The third-order valence-corrected chi connectivity index (χ3v) is 5.60. The van der Waals surface area contributed by atoms with Crippen molar-refractivity contribution in [2.75, 3.05) is 10.7 Å². The number of benzene rings is 1. The van der Waals surface area contributed by atoms with Crippen LogP contribution in [-0.2, 0) is 18.9 Å². The first kappa shape index (κ1) is 15.0. The van der Waals surface area contributed by atoms with Crippen molar-refractivity contribution >= 4 is 43.5 Å². The van der Waals surface area contributed by atoms with Crippen LogP contribution in [0.4, 0.5) is 0 Å². The Morgan fingerprint density at radius 2 is 1.95 bits per heavy atom. The van der Waals surface area contributed by atoms with Crippen LogP contribution in [-0.4, -0.2) is 25.7 Å². The van der Waals surface area contributed by atoms with Gasteiger partial charge in [-0.3, -0.25) is 4.68 Å². The molecule has 6 heteroatoms. The lowest BCUT2D eigenvalue weighted by Gasteiger charge is -2.30. The summed E-state index contributed by atoms with van der Waals surface area (Å²) in [6.07, 6.45) is 2.72. The summed E-state index contributed by atoms with van der Waals surface area (Å²) in [4.78, 5) is 0. The molecule has 0 bridgehead atoms. The second-order valence-corrected chi connectivity index (χ2v) is 6.12. The van der Waals surface area contributed by atoms with Crippen molar-refractivity contribution in [3.05, 3.63) is 46.7 Å². The van der Waals surface area contributed by atoms with Crippen molar-refractivity contribution in [3.8, 4) is 0 Å². The predicted molar refractivity (Wildman–Crippen MR) is 85.4 cm³/mol. The Labute approximate surface area is 134 Å². The van der Waals surface area contributed by atoms with Crippen molar-refractivity contribution in [2.24, 2.45) is 7.05 Å². The van der Waals surface area contributed by atoms with E-state index in [1.165, 1.54) is 0 Å². The van der Waals surface area contributed by atoms with Gasteiger partial charge >= 0.3 is 0 Å². The van der Waals surface area contributed by atoms with Gasteiger partial charge in [0.2, 0.25) is 0 Å². The van der Waals surface area contributed by atoms with Gasteiger partial charge in [0.15, 0.2) is 0 Å². The summed E-state index contributed by atoms with van der Waals surface area (Å²) in [5.41, 5.74) is 1.95. The molecule has 0 saturated carbocycles. The molecular formula is C13H14Br2ClN3. The maximum Gasteiger partial charge on any atom is 0.0836 e. The van der Waals surface area contributed by atoms with E-state index in [2.05, 4.69) is 48.2 Å². The molecule has 0 spiro atoms. The molecule has 102 valence electrons. The first-order valence-electron chi connectivity index (χ1n) is 5.83. The Bertz CT molecular complexity index is 552. The highest BCUT2D eigenvalue weighted by molar-refractivity contribution is 9.09. The van der Waals surface area contributed by atoms with Crippen LogP contribution in [0.3, 0.4) is 0 Å². The first-order valence-corrected chi connectivity index (χ1v) is 8.45. The number of nitrogens with zero attached hydrogens (tertiary/aromatic N) is 3. The molecule has 2 rings (SSSR count). The lowest BCUT2D eigenvalue weighted by atomic mass is 9.80. The Morgan fingerprint density at radius 3 is 2.47 bits per heavy atom. The van der Waals surface area contributed by atoms with E-state index in [1.54, 1.807) is 4.68 Å². The summed E-state index contributed by atoms with van der Waals surface area (Å²) in [7, 11) is 1.87. The minimum Gasteiger partial charge on any atom is -0.255 e. The molecule has 0 aliphatic rings. The summed E-state index contributed by atoms with van der Waals surface area (Å²) in [5.74, 6) is 0. The number of aromatic nitrogens is 3. The second-order valence-electron chi connectivity index (χ2n) is 4.59. The third kappa shape index (κ3) is 3.20. The van der Waals surface area contributed by atoms with Gasteiger partial charge in [0.05, 0.1) is 5.69 Å². The zero-order valence-corrected chi connectivity index (χ0v) is 14.4. The van der Waals surface area contributed by atoms with E-state index in [-0.39, 0.29) is 5.41 Å². The van der Waals surface area contributed by atoms with Crippen molar-refractivity contribution < 1.29 is 0 Å². The second kappa shape index (κ2) is 6.37. The first-order chi connectivity index (χ1) is 9.11. The Morgan fingerprint density at radius 1 is 1.26 bits per heavy atom. The molecule has 0 aliphatic carbocycles. The van der Waals surface area contributed by atoms with Gasteiger partial charge in [-0.1, -0.05) is 66.9 Å². The molecule has 2 aromatic rings. The molecule has 0 radical (unpaired) electrons. The number of hydrogen-bond donors (Lipinski definition) is 0. The molecule has 1 aromatic heterocycles. The summed E-state index contributed by atoms with van der Waals surface area (Å²) in [5, 5.41) is 10.5. The van der Waals surface area contributed by atoms with Crippen LogP contribution >= 0.6 is 43.5 Å². The van der Waals surface area contributed by atoms with Crippen molar-refractivity contribution in [3.63, 3.8) is 0 Å². The van der Waals surface area contributed by atoms with E-state index in [9.17, 15) is 0 Å². The third-order valence-electron chi connectivity index (χ3n) is 3.13. The number of rotatable bonds is 5. The van der Waals surface area contributed by atoms with E-state index in [1.807, 2.05) is 31.4 Å². The fraction of sp³-hybridized carbons (Fsp3) is 0.385. The molecule has 1 aromatic carbocycles. The van der Waals surface area contributed by atoms with E-state index in [0.717, 1.165) is 33.4 Å². The largest absolute Gasteiger partial charge is 0.255 e. The zero-order valence-electron chi connectivity index (χ0n) is 10.5. The van der Waals surface area contributed by atoms with E-state index in [0.29, 0.717) is 0 Å². The van der Waals surface area contributed by atoms with Crippen LogP contribution in [0.1, 0.15) is 11.3 Å². The summed E-state index contributed by atoms with van der Waals surface area (Å²) in [6.45, 7) is 0. The van der Waals surface area contributed by atoms with Gasteiger partial charge < -0.3 is 0 Å². The molecule has 0 fully saturated rings. The van der Waals surface area contributed by atoms with Crippen molar-refractivity contribution in [1.29, 1.82) is 0 Å². The molecule has 1 heterocycles. The maximum absolute atomic E-state index is 6.35. The average molecular weight is 408 g/mol. The average Bonchev–Trinajstić information content (AvgIpc) is 2.82. The monoisotopic (exact) mass is 405 g/mol. The minimum atomic E-state index is -0.131. The van der Waals surface area contributed by atoms with Crippen LogP contribution < -0.4 is 0 Å². The normalized spacial score (nSPS) is 11.8. The number of alkyl halides is 2. The highest BCUT2D eigenvalue weighted by atomic mass is 79.9. The highest BCUT2D eigenvalue weighted by Crippen LogP contribution is 2.36. The molecule has 0 amide bonds. The molecule has 0 N–H and O–H groups in total. The van der Waals surface area contributed by atoms with Crippen LogP contribution in [0.2, 0.25) is 5.02 Å². The van der Waals surface area contributed by atoms with Gasteiger partial charge in [0, 0.05) is 40.8 Å². The highest BCUT2D eigenvalue weighted by Gasteiger charge is 2.33. The molecule has 0 atom stereocenters. The standard InChI is InChI=1S/C13H14Br2ClN3/c1-19-7-10(17-18-19)6-13(8-14,9-15)11-4-2-3-5-12(11)16/h2-5,7H,6,8-9H2,1H3. The Balaban J connectivity index is 2.40. The van der Waals surface area contributed by atoms with Crippen LogP contribution in [0.5, 0.6) is 0 Å². The number of hydrogen-bond acceptors (Lipinski definition) is 2. The number of halogens is 3. The topological polar surface area (TPSA) is 30.7 Å². The molecule has 3 nitrogen and oxygen atoms in total. The fourth-order valence-corrected chi connectivity index (χ4v) is 4.35. The molecule has 0 aliphatic heterocycles. The smallest absolute Gasteiger partial charge is 0.0836 e. The van der Waals surface area contributed by atoms with E-state index >= 15 is 0 Å². The van der Waals surface area contributed by atoms with Gasteiger partial charge in [-0.2, -0.15) is 0 Å². The van der Waals surface area contributed by atoms with Gasteiger partial charge in [-0.15, -0.1) is 5.10 Å². The molecule has 0 unspecified atom stereocenters. The van der Waals surface area contributed by atoms with Gasteiger partial charge in [0.1, 0.15) is 0 Å². The van der Waals surface area contributed by atoms with Gasteiger partial charge in [-0.25, -0.2) is 0 Å². The summed E-state index contributed by atoms with van der Waals surface area (Å²) >= 11 is 13.6. The lowest BCUT2D eigenvalue weighted by Crippen LogP contribution is -2.33. The van der Waals surface area contributed by atoms with Gasteiger partial charge in [0.25, 0.3) is 0 Å². The van der Waals surface area contributed by atoms with Crippen LogP contribution in [0.25, 0.3) is 0 Å². The maximum atomic E-state index is 6.35. The van der Waals surface area contributed by atoms with Crippen molar-refractivity contribution in [1.82, 2.24) is 15.0 Å². The Kier molecular flexibility index (Phi) is 5.03. The van der Waals surface area contributed by atoms with Crippen LogP contribution in [0.15, 0.2) is 30.5 Å². The Hall–Kier alpha value is -0.390. The van der Waals surface area contributed by atoms with Crippen molar-refractivity contribution in [2.45, 2.75) is 11.8 Å². The fourth-order valence-electron chi connectivity index (χ4n) is 2.08. The molecule has 0 saturated heterocycles. The summed E-state index contributed by atoms with van der Waals surface area (Å²) < 4.78 is 1.72. The molecule has 19 heavy (non-hydrogen) atoms. The lowest BCUT2D eigenvalue weighted by molar-refractivity contribution is 0.542. The summed E-state index contributed by atoms with van der Waals surface area (Å²) in [6, 6.07) is 7.95. The zero-order chi connectivity index (χ0) is 13.9. The van der Waals surface area contributed by atoms with E-state index < -0.39 is 0 Å². The minimum absolute atomic E-state index is 0.131. The predicted octanol–water partition coefficient (Wildman–Crippen LogP) is 3.74.